The van der Waals surface area contributed by atoms with Crippen LogP contribution in [0.5, 0.6) is 0 Å². The highest BCUT2D eigenvalue weighted by Gasteiger charge is 2.22. The van der Waals surface area contributed by atoms with E-state index in [0.717, 1.165) is 12.8 Å². The molecule has 1 aliphatic heterocycles. The molecule has 0 saturated heterocycles. The summed E-state index contributed by atoms with van der Waals surface area (Å²) in [6, 6.07) is 0. The fourth-order valence-electron chi connectivity index (χ4n) is 1.44. The first-order valence-corrected chi connectivity index (χ1v) is 6.81. The van der Waals surface area contributed by atoms with Gasteiger partial charge in [0.2, 0.25) is 0 Å². The summed E-state index contributed by atoms with van der Waals surface area (Å²) < 4.78 is 27.6. The lowest BCUT2D eigenvalue weighted by atomic mass is 10.1. The Morgan fingerprint density at radius 3 is 2.50 bits per heavy atom. The van der Waals surface area contributed by atoms with Crippen LogP contribution in [-0.2, 0) is 14.6 Å². The SMILES string of the molecule is CCC(CC)COC1C=CS(=O)(=O)C1. The lowest BCUT2D eigenvalue weighted by Gasteiger charge is -2.15. The van der Waals surface area contributed by atoms with Crippen molar-refractivity contribution in [2.75, 3.05) is 12.4 Å². The van der Waals surface area contributed by atoms with Crippen LogP contribution in [0.3, 0.4) is 0 Å². The third kappa shape index (κ3) is 3.42. The highest BCUT2D eigenvalue weighted by Crippen LogP contribution is 2.14. The second-order valence-electron chi connectivity index (χ2n) is 3.71. The highest BCUT2D eigenvalue weighted by atomic mass is 32.2. The molecule has 14 heavy (non-hydrogen) atoms. The highest BCUT2D eigenvalue weighted by molar-refractivity contribution is 7.94. The van der Waals surface area contributed by atoms with Crippen molar-refractivity contribution in [2.24, 2.45) is 5.92 Å². The topological polar surface area (TPSA) is 43.4 Å². The molecule has 0 saturated carbocycles. The standard InChI is InChI=1S/C10H18O3S/c1-3-9(4-2)7-13-10-5-6-14(11,12)8-10/h5-6,9-10H,3-4,7-8H2,1-2H3. The Morgan fingerprint density at radius 2 is 2.07 bits per heavy atom. The van der Waals surface area contributed by atoms with Gasteiger partial charge >= 0.3 is 0 Å². The van der Waals surface area contributed by atoms with Crippen LogP contribution < -0.4 is 0 Å². The fourth-order valence-corrected chi connectivity index (χ4v) is 2.63. The van der Waals surface area contributed by atoms with E-state index in [-0.39, 0.29) is 11.9 Å². The number of sulfone groups is 1. The number of hydrogen-bond acceptors (Lipinski definition) is 3. The minimum Gasteiger partial charge on any atom is -0.373 e. The first kappa shape index (κ1) is 11.7. The van der Waals surface area contributed by atoms with E-state index in [4.69, 9.17) is 4.74 Å². The summed E-state index contributed by atoms with van der Waals surface area (Å²) in [6.45, 7) is 4.91. The Hall–Kier alpha value is -0.350. The Morgan fingerprint density at radius 1 is 1.43 bits per heavy atom. The summed E-state index contributed by atoms with van der Waals surface area (Å²) in [6.07, 6.45) is 3.58. The van der Waals surface area contributed by atoms with Crippen molar-refractivity contribution in [1.82, 2.24) is 0 Å². The Bertz CT molecular complexity index is 288. The van der Waals surface area contributed by atoms with Gasteiger partial charge in [-0.15, -0.1) is 0 Å². The van der Waals surface area contributed by atoms with Gasteiger partial charge in [-0.05, 0) is 12.0 Å². The van der Waals surface area contributed by atoms with Gasteiger partial charge in [-0.2, -0.15) is 0 Å². The van der Waals surface area contributed by atoms with Gasteiger partial charge in [-0.3, -0.25) is 0 Å². The predicted octanol–water partition coefficient (Wildman–Crippen LogP) is 1.75. The van der Waals surface area contributed by atoms with Crippen molar-refractivity contribution in [2.45, 2.75) is 32.8 Å². The Kier molecular flexibility index (Phi) is 4.13. The molecule has 0 amide bonds. The van der Waals surface area contributed by atoms with Gasteiger partial charge in [-0.1, -0.05) is 26.7 Å². The third-order valence-corrected chi connectivity index (χ3v) is 3.96. The van der Waals surface area contributed by atoms with E-state index < -0.39 is 9.84 Å². The quantitative estimate of drug-likeness (QED) is 0.706. The van der Waals surface area contributed by atoms with E-state index in [1.165, 1.54) is 5.41 Å². The van der Waals surface area contributed by atoms with Crippen LogP contribution in [0, 0.1) is 5.92 Å². The monoisotopic (exact) mass is 218 g/mol. The summed E-state index contributed by atoms with van der Waals surface area (Å²) in [5, 5.41) is 1.25. The van der Waals surface area contributed by atoms with Crippen LogP contribution in [0.2, 0.25) is 0 Å². The zero-order valence-electron chi connectivity index (χ0n) is 8.77. The van der Waals surface area contributed by atoms with Crippen molar-refractivity contribution in [3.63, 3.8) is 0 Å². The molecule has 3 nitrogen and oxygen atoms in total. The summed E-state index contributed by atoms with van der Waals surface area (Å²) in [5.74, 6) is 0.666. The van der Waals surface area contributed by atoms with Crippen molar-refractivity contribution in [1.29, 1.82) is 0 Å². The van der Waals surface area contributed by atoms with Crippen LogP contribution >= 0.6 is 0 Å². The van der Waals surface area contributed by atoms with E-state index in [1.54, 1.807) is 6.08 Å². The lowest BCUT2D eigenvalue weighted by Crippen LogP contribution is -2.19. The van der Waals surface area contributed by atoms with Gasteiger partial charge in [0.25, 0.3) is 0 Å². The molecular weight excluding hydrogens is 200 g/mol. The summed E-state index contributed by atoms with van der Waals surface area (Å²) in [7, 11) is -2.96. The fraction of sp³-hybridized carbons (Fsp3) is 0.800. The lowest BCUT2D eigenvalue weighted by molar-refractivity contribution is 0.0681. The van der Waals surface area contributed by atoms with E-state index in [9.17, 15) is 8.42 Å². The van der Waals surface area contributed by atoms with Gasteiger partial charge < -0.3 is 4.74 Å². The molecule has 1 unspecified atom stereocenters. The van der Waals surface area contributed by atoms with Crippen molar-refractivity contribution >= 4 is 9.84 Å². The molecule has 4 heteroatoms. The maximum Gasteiger partial charge on any atom is 0.174 e. The molecule has 1 atom stereocenters. The summed E-state index contributed by atoms with van der Waals surface area (Å²) >= 11 is 0. The molecular formula is C10H18O3S. The number of rotatable bonds is 5. The van der Waals surface area contributed by atoms with Crippen molar-refractivity contribution in [3.05, 3.63) is 11.5 Å². The molecule has 0 aromatic carbocycles. The number of hydrogen-bond donors (Lipinski definition) is 0. The van der Waals surface area contributed by atoms with E-state index in [2.05, 4.69) is 13.8 Å². The van der Waals surface area contributed by atoms with Gasteiger partial charge in [0.05, 0.1) is 18.5 Å². The van der Waals surface area contributed by atoms with Gasteiger partial charge in [0, 0.05) is 5.41 Å². The molecule has 1 rings (SSSR count). The molecule has 0 spiro atoms. The van der Waals surface area contributed by atoms with Crippen LogP contribution in [-0.4, -0.2) is 26.9 Å². The summed E-state index contributed by atoms with van der Waals surface area (Å²) in [5.41, 5.74) is 0. The first-order chi connectivity index (χ1) is 6.57. The molecule has 0 aliphatic carbocycles. The smallest absolute Gasteiger partial charge is 0.174 e. The molecule has 0 bridgehead atoms. The van der Waals surface area contributed by atoms with Crippen LogP contribution in [0.25, 0.3) is 0 Å². The second kappa shape index (κ2) is 4.94. The van der Waals surface area contributed by atoms with Gasteiger partial charge in [0.15, 0.2) is 9.84 Å². The zero-order chi connectivity index (χ0) is 10.6. The third-order valence-electron chi connectivity index (χ3n) is 2.60. The van der Waals surface area contributed by atoms with Crippen molar-refractivity contribution in [3.8, 4) is 0 Å². The molecule has 0 radical (unpaired) electrons. The van der Waals surface area contributed by atoms with E-state index in [0.29, 0.717) is 12.5 Å². The molecule has 82 valence electrons. The largest absolute Gasteiger partial charge is 0.373 e. The minimum absolute atomic E-state index is 0.118. The second-order valence-corrected chi connectivity index (χ2v) is 5.64. The normalized spacial score (nSPS) is 24.6. The summed E-state index contributed by atoms with van der Waals surface area (Å²) in [4.78, 5) is 0. The zero-order valence-corrected chi connectivity index (χ0v) is 9.59. The van der Waals surface area contributed by atoms with Crippen molar-refractivity contribution < 1.29 is 13.2 Å². The van der Waals surface area contributed by atoms with E-state index >= 15 is 0 Å². The van der Waals surface area contributed by atoms with Crippen LogP contribution in [0.15, 0.2) is 11.5 Å². The predicted molar refractivity (Wildman–Crippen MR) is 56.7 cm³/mol. The van der Waals surface area contributed by atoms with Gasteiger partial charge in [-0.25, -0.2) is 8.42 Å². The maximum absolute atomic E-state index is 11.1. The Labute approximate surface area is 86.1 Å². The molecule has 0 N–H and O–H groups in total. The average Bonchev–Trinajstić information content (AvgIpc) is 2.47. The minimum atomic E-state index is -2.96. The number of ether oxygens (including phenoxy) is 1. The molecule has 1 aliphatic rings. The molecule has 0 aromatic heterocycles. The van der Waals surface area contributed by atoms with Crippen LogP contribution in [0.1, 0.15) is 26.7 Å². The molecule has 0 aromatic rings. The molecule has 1 heterocycles. The average molecular weight is 218 g/mol. The van der Waals surface area contributed by atoms with Crippen LogP contribution in [0.4, 0.5) is 0 Å². The maximum atomic E-state index is 11.1. The van der Waals surface area contributed by atoms with E-state index in [1.807, 2.05) is 0 Å². The molecule has 0 fully saturated rings. The first-order valence-electron chi connectivity index (χ1n) is 5.10. The van der Waals surface area contributed by atoms with Gasteiger partial charge in [0.1, 0.15) is 0 Å². The Balaban J connectivity index is 2.31.